The first-order chi connectivity index (χ1) is 48.0. The average molecular weight is 1560 g/mol. The number of ether oxygens (including phenoxy) is 10. The summed E-state index contributed by atoms with van der Waals surface area (Å²) in [7, 11) is 0. The van der Waals surface area contributed by atoms with Crippen molar-refractivity contribution in [1.29, 1.82) is 0 Å². The Kier molecular flexibility index (Phi) is 25.3. The standard InChI is InChI=1S/C17H20N4O8S.C16H18N4O9S.C11H14N4O5S.C10H12N4O6S.V/c1-6-13-14(20-16(18)19-6)21(17(25)30-13)15-12(28-9(4)24)11(27-8(3)23)10(29-15)5-26-7(2)22;1-5(21)26-4-8-9(27-6(2)22)10(28-7(3)23)14(29-8)20-12-11(30-16(20)25)13(24)19-15(17)18-12;1-3-7-8(14-10(12)13-3)15(11(19)21-7)9-6(18)5(17)4(2-16)20-9;11-9-12-6-5(7(18)13-9)21-10(19)14(6)8-4(17)3(16)2(1-15)20-8;/h10-12,15H,5H2,1-4H3,(H2,18,19,20);8-10,14H,4H2,1-3H3,(H3,17,18,19,24);4-6,9,16-18H,2H2,1H3,(H2,12,13,14);2-4,8,15-17H,1H2,(H3,11,12,13,18);/t10-,11-,12?,15-;8-,9-,10?,14-;4-,5-,6-,9-;2-,3-,4-,8-;/m1111./s1. The van der Waals surface area contributed by atoms with E-state index in [-0.39, 0.29) is 87.6 Å². The van der Waals surface area contributed by atoms with E-state index in [1.54, 1.807) is 13.8 Å². The van der Waals surface area contributed by atoms with E-state index in [0.29, 0.717) is 43.5 Å². The van der Waals surface area contributed by atoms with Gasteiger partial charge in [0.2, 0.25) is 23.8 Å². The number of fused-ring (bicyclic) bond motifs is 4. The van der Waals surface area contributed by atoms with Gasteiger partial charge in [0.25, 0.3) is 11.1 Å². The number of carbonyl (C=O) groups excluding carboxylic acids is 6. The Bertz CT molecular complexity index is 4930. The van der Waals surface area contributed by atoms with Crippen molar-refractivity contribution in [3.05, 3.63) is 70.8 Å². The number of aromatic nitrogens is 12. The summed E-state index contributed by atoms with van der Waals surface area (Å²) >= 11 is 2.99. The summed E-state index contributed by atoms with van der Waals surface area (Å²) in [6, 6.07) is 0. The molecule has 16 atom stereocenters. The number of nitrogen functional groups attached to an aromatic ring is 4. The fourth-order valence-electron chi connectivity index (χ4n) is 10.9. The predicted molar refractivity (Wildman–Crippen MR) is 349 cm³/mol. The van der Waals surface area contributed by atoms with Crippen LogP contribution in [0.1, 0.15) is 77.8 Å². The van der Waals surface area contributed by atoms with Crippen molar-refractivity contribution in [1.82, 2.24) is 58.1 Å². The first-order valence-corrected chi connectivity index (χ1v) is 32.9. The maximum Gasteiger partial charge on any atom is 0.311 e. The quantitative estimate of drug-likeness (QED) is 0.0358. The summed E-state index contributed by atoms with van der Waals surface area (Å²) in [4.78, 5) is 169. The molecule has 2 unspecified atom stereocenters. The van der Waals surface area contributed by atoms with E-state index in [1.165, 1.54) is 32.3 Å². The molecule has 0 bridgehead atoms. The van der Waals surface area contributed by atoms with Crippen LogP contribution in [0, 0.1) is 13.8 Å². The number of hydrogen-bond acceptors (Lipinski definition) is 42. The zero-order valence-electron chi connectivity index (χ0n) is 54.6. The summed E-state index contributed by atoms with van der Waals surface area (Å²) in [6.45, 7) is 8.72. The van der Waals surface area contributed by atoms with Gasteiger partial charge in [-0.15, -0.1) is 0 Å². The van der Waals surface area contributed by atoms with Crippen LogP contribution in [-0.4, -0.2) is 224 Å². The third kappa shape index (κ3) is 16.9. The van der Waals surface area contributed by atoms with Crippen LogP contribution in [0.4, 0.5) is 23.8 Å². The molecule has 4 saturated heterocycles. The molecule has 44 nitrogen and oxygen atoms in total. The Hall–Kier alpha value is -9.12. The zero-order chi connectivity index (χ0) is 74.9. The monoisotopic (exact) mass is 1560 g/mol. The molecule has 0 aliphatic carbocycles. The molecule has 16 N–H and O–H groups in total. The molecule has 4 fully saturated rings. The second kappa shape index (κ2) is 32.7. The first kappa shape index (κ1) is 79.6. The Morgan fingerprint density at radius 3 is 0.990 bits per heavy atom. The summed E-state index contributed by atoms with van der Waals surface area (Å²) in [5.41, 5.74) is 22.5. The molecule has 103 heavy (non-hydrogen) atoms. The van der Waals surface area contributed by atoms with Crippen LogP contribution in [0.2, 0.25) is 0 Å². The van der Waals surface area contributed by atoms with Gasteiger partial charge in [-0.2, -0.15) is 19.9 Å². The molecule has 8 aromatic heterocycles. The molecule has 0 amide bonds. The number of esters is 6. The van der Waals surface area contributed by atoms with Crippen LogP contribution in [0.15, 0.2) is 28.8 Å². The minimum absolute atomic E-state index is 0. The smallest absolute Gasteiger partial charge is 0.311 e. The Morgan fingerprint density at radius 2 is 0.699 bits per heavy atom. The molecule has 0 saturated carbocycles. The van der Waals surface area contributed by atoms with Crippen molar-refractivity contribution in [2.24, 2.45) is 0 Å². The van der Waals surface area contributed by atoms with Gasteiger partial charge in [0.1, 0.15) is 71.4 Å². The summed E-state index contributed by atoms with van der Waals surface area (Å²) in [5.74, 6) is -4.49. The predicted octanol–water partition coefficient (Wildman–Crippen LogP) is -5.19. The average Bonchev–Trinajstić information content (AvgIpc) is 1.62. The molecular weight excluding hydrogens is 1500 g/mol. The van der Waals surface area contributed by atoms with Gasteiger partial charge in [-0.25, -0.2) is 9.97 Å². The van der Waals surface area contributed by atoms with Crippen molar-refractivity contribution >= 4 is 146 Å². The van der Waals surface area contributed by atoms with Gasteiger partial charge < -0.3 is 101 Å². The van der Waals surface area contributed by atoms with Crippen LogP contribution in [0.25, 0.3) is 41.4 Å². The number of hydrogen-bond donors (Lipinski definition) is 12. The molecule has 0 aromatic carbocycles. The van der Waals surface area contributed by atoms with Crippen molar-refractivity contribution in [2.75, 3.05) is 49.4 Å². The zero-order valence-corrected chi connectivity index (χ0v) is 59.3. The second-order valence-corrected chi connectivity index (χ2v) is 26.1. The molecule has 4 aliphatic rings. The van der Waals surface area contributed by atoms with Crippen LogP contribution in [-0.2, 0) is 94.7 Å². The van der Waals surface area contributed by atoms with E-state index in [4.69, 9.17) is 80.5 Å². The Morgan fingerprint density at radius 1 is 0.417 bits per heavy atom. The molecule has 8 aromatic rings. The molecule has 1 radical (unpaired) electrons. The molecular formula is C54H64N16O28S4V. The van der Waals surface area contributed by atoms with Crippen molar-refractivity contribution < 1.29 is 125 Å². The number of rotatable bonds is 14. The Balaban J connectivity index is 0.000000176. The van der Waals surface area contributed by atoms with Gasteiger partial charge in [-0.05, 0) is 13.8 Å². The minimum Gasteiger partial charge on any atom is -0.463 e. The number of nitrogens with two attached hydrogens (primary N) is 4. The largest absolute Gasteiger partial charge is 0.463 e. The number of aliphatic hydroxyl groups is 6. The molecule has 557 valence electrons. The number of H-pyrrole nitrogens is 2. The maximum atomic E-state index is 12.8. The molecule has 4 aliphatic heterocycles. The second-order valence-electron chi connectivity index (χ2n) is 22.3. The fourth-order valence-corrected chi connectivity index (χ4v) is 14.4. The third-order valence-electron chi connectivity index (χ3n) is 15.0. The molecule has 49 heteroatoms. The van der Waals surface area contributed by atoms with Gasteiger partial charge in [-0.1, -0.05) is 45.3 Å². The number of aryl methyl sites for hydroxylation is 2. The van der Waals surface area contributed by atoms with Crippen LogP contribution in [0.3, 0.4) is 0 Å². The van der Waals surface area contributed by atoms with Gasteiger partial charge in [-0.3, -0.25) is 85.8 Å². The van der Waals surface area contributed by atoms with Gasteiger partial charge in [0.05, 0.1) is 34.0 Å². The molecule has 12 rings (SSSR count). The minimum atomic E-state index is -1.44. The summed E-state index contributed by atoms with van der Waals surface area (Å²) < 4.78 is 58.7. The Labute approximate surface area is 600 Å². The van der Waals surface area contributed by atoms with E-state index in [1.807, 2.05) is 0 Å². The fraction of sp³-hybridized carbons (Fsp3) is 0.519. The summed E-state index contributed by atoms with van der Waals surface area (Å²) in [6.07, 6.45) is -19.2. The van der Waals surface area contributed by atoms with Gasteiger partial charge >= 0.3 is 55.3 Å². The van der Waals surface area contributed by atoms with Gasteiger partial charge in [0.15, 0.2) is 71.9 Å². The van der Waals surface area contributed by atoms with Crippen LogP contribution in [0.5, 0.6) is 0 Å². The van der Waals surface area contributed by atoms with Gasteiger partial charge in [0, 0.05) is 60.1 Å². The van der Waals surface area contributed by atoms with Crippen molar-refractivity contribution in [2.45, 2.75) is 154 Å². The van der Waals surface area contributed by atoms with E-state index >= 15 is 0 Å². The van der Waals surface area contributed by atoms with E-state index in [2.05, 4.69) is 39.9 Å². The molecule has 0 spiro atoms. The maximum absolute atomic E-state index is 12.8. The van der Waals surface area contributed by atoms with E-state index in [9.17, 15) is 78.0 Å². The van der Waals surface area contributed by atoms with Crippen LogP contribution < -0.4 is 53.5 Å². The number of nitrogens with zero attached hydrogens (tertiary/aromatic N) is 10. The number of anilines is 4. The number of nitrogens with one attached hydrogen (secondary N) is 2. The SMILES string of the molecule is CC(=O)OC[C@H]1O[C@@H](n2c(=O)sc3c(=O)[nH]c(N)nc32)C(OC(C)=O)[C@@H]1OC(C)=O.CC(=O)OC[C@H]1O[C@@H](n2c(=O)sc3c(C)nc(N)nc32)C(OC(C)=O)[C@@H]1OC(C)=O.Cc1nc(N)nc2c1sc(=O)n2[C@@H]1O[C@H](CO)[C@@H](O)[C@H]1O.Nc1nc2c(sc(=O)n2[C@@H]2O[C@H](CO)[C@@H](O)[C@H]2O)c(=O)[nH]1.[V]. The molecule has 12 heterocycles. The number of carbonyl (C=O) groups is 6. The normalized spacial score (nSPS) is 25.5. The first-order valence-electron chi connectivity index (χ1n) is 29.7. The van der Waals surface area contributed by atoms with Crippen molar-refractivity contribution in [3.63, 3.8) is 0 Å². The van der Waals surface area contributed by atoms with Crippen molar-refractivity contribution in [3.8, 4) is 0 Å². The third-order valence-corrected chi connectivity index (χ3v) is 19.0. The summed E-state index contributed by atoms with van der Waals surface area (Å²) in [5, 5.41) is 57.7. The number of thiazole rings is 4. The topological polar surface area (TPSA) is 651 Å². The number of aromatic amines is 2. The van der Waals surface area contributed by atoms with E-state index < -0.39 is 178 Å². The van der Waals surface area contributed by atoms with E-state index in [0.717, 1.165) is 50.2 Å². The number of aliphatic hydroxyl groups excluding tert-OH is 6. The van der Waals surface area contributed by atoms with Crippen LogP contribution >= 0.6 is 45.3 Å².